The van der Waals surface area contributed by atoms with Gasteiger partial charge < -0.3 is 15.3 Å². The van der Waals surface area contributed by atoms with Crippen molar-refractivity contribution in [3.05, 3.63) is 0 Å². The highest BCUT2D eigenvalue weighted by atomic mass is 16.4. The van der Waals surface area contributed by atoms with Gasteiger partial charge in [0.25, 0.3) is 0 Å². The Morgan fingerprint density at radius 2 is 1.89 bits per heavy atom. The maximum absolute atomic E-state index is 11.9. The quantitative estimate of drug-likeness (QED) is 0.702. The fourth-order valence-corrected chi connectivity index (χ4v) is 1.65. The smallest absolute Gasteiger partial charge is 0.317 e. The maximum atomic E-state index is 11.9. The summed E-state index contributed by atoms with van der Waals surface area (Å²) in [6, 6.07) is -0.0409. The van der Waals surface area contributed by atoms with Gasteiger partial charge in [-0.25, -0.2) is 4.79 Å². The first kappa shape index (κ1) is 16.7. The third-order valence-electron chi connectivity index (χ3n) is 2.95. The molecule has 2 atom stereocenters. The summed E-state index contributed by atoms with van der Waals surface area (Å²) in [5.41, 5.74) is 0. The molecule has 0 aliphatic rings. The van der Waals surface area contributed by atoms with Gasteiger partial charge in [-0.05, 0) is 20.3 Å². The van der Waals surface area contributed by atoms with E-state index in [4.69, 9.17) is 5.11 Å². The molecule has 0 spiro atoms. The zero-order chi connectivity index (χ0) is 14.1. The molecule has 0 aliphatic carbocycles. The number of hydrogen-bond acceptors (Lipinski definition) is 2. The standard InChI is InChI=1S/C13H26N2O3/c1-5-7-8-11(4)14-13(18)15(6-2)9-10(3)12(16)17/h10-11H,5-9H2,1-4H3,(H,14,18)(H,16,17). The van der Waals surface area contributed by atoms with Crippen LogP contribution in [0.3, 0.4) is 0 Å². The Bertz CT molecular complexity index is 269. The van der Waals surface area contributed by atoms with Crippen molar-refractivity contribution in [2.45, 2.75) is 53.0 Å². The first-order valence-corrected chi connectivity index (χ1v) is 6.70. The lowest BCUT2D eigenvalue weighted by atomic mass is 10.1. The van der Waals surface area contributed by atoms with E-state index in [0.717, 1.165) is 19.3 Å². The molecule has 0 bridgehead atoms. The van der Waals surface area contributed by atoms with Gasteiger partial charge in [0, 0.05) is 19.1 Å². The lowest BCUT2D eigenvalue weighted by Gasteiger charge is -2.25. The Labute approximate surface area is 110 Å². The number of rotatable bonds is 8. The van der Waals surface area contributed by atoms with E-state index in [0.29, 0.717) is 6.54 Å². The van der Waals surface area contributed by atoms with Crippen LogP contribution in [0.25, 0.3) is 0 Å². The summed E-state index contributed by atoms with van der Waals surface area (Å²) in [7, 11) is 0. The van der Waals surface area contributed by atoms with Crippen molar-refractivity contribution in [3.63, 3.8) is 0 Å². The third kappa shape index (κ3) is 6.47. The number of aliphatic carboxylic acids is 1. The number of carboxylic acids is 1. The molecule has 0 aromatic rings. The SMILES string of the molecule is CCCCC(C)NC(=O)N(CC)CC(C)C(=O)O. The molecule has 2 unspecified atom stereocenters. The van der Waals surface area contributed by atoms with Gasteiger partial charge in [-0.2, -0.15) is 0 Å². The molecule has 0 aromatic carbocycles. The molecule has 0 saturated carbocycles. The monoisotopic (exact) mass is 258 g/mol. The van der Waals surface area contributed by atoms with Crippen LogP contribution in [0.1, 0.15) is 47.0 Å². The van der Waals surface area contributed by atoms with Crippen LogP contribution in [0.5, 0.6) is 0 Å². The number of amides is 2. The molecule has 106 valence electrons. The predicted octanol–water partition coefficient (Wildman–Crippen LogP) is 2.32. The van der Waals surface area contributed by atoms with Crippen molar-refractivity contribution in [3.8, 4) is 0 Å². The summed E-state index contributed by atoms with van der Waals surface area (Å²) in [5.74, 6) is -1.41. The first-order chi connectivity index (χ1) is 8.42. The second kappa shape index (κ2) is 8.78. The maximum Gasteiger partial charge on any atom is 0.317 e. The fraction of sp³-hybridized carbons (Fsp3) is 0.846. The number of nitrogens with one attached hydrogen (secondary N) is 1. The molecule has 18 heavy (non-hydrogen) atoms. The predicted molar refractivity (Wildman–Crippen MR) is 71.6 cm³/mol. The average Bonchev–Trinajstić information content (AvgIpc) is 2.32. The minimum atomic E-state index is -0.875. The van der Waals surface area contributed by atoms with Gasteiger partial charge in [0.1, 0.15) is 0 Å². The lowest BCUT2D eigenvalue weighted by molar-refractivity contribution is -0.141. The first-order valence-electron chi connectivity index (χ1n) is 6.70. The molecular weight excluding hydrogens is 232 g/mol. The Kier molecular flexibility index (Phi) is 8.16. The van der Waals surface area contributed by atoms with E-state index in [1.807, 2.05) is 13.8 Å². The van der Waals surface area contributed by atoms with Gasteiger partial charge in [-0.1, -0.05) is 26.7 Å². The van der Waals surface area contributed by atoms with Crippen LogP contribution in [0.15, 0.2) is 0 Å². The van der Waals surface area contributed by atoms with Crippen molar-refractivity contribution >= 4 is 12.0 Å². The summed E-state index contributed by atoms with van der Waals surface area (Å²) >= 11 is 0. The Morgan fingerprint density at radius 1 is 1.28 bits per heavy atom. The number of carbonyl (C=O) groups excluding carboxylic acids is 1. The van der Waals surface area contributed by atoms with Gasteiger partial charge >= 0.3 is 12.0 Å². The largest absolute Gasteiger partial charge is 0.481 e. The zero-order valence-corrected chi connectivity index (χ0v) is 11.9. The normalized spacial score (nSPS) is 13.8. The van der Waals surface area contributed by atoms with Crippen LogP contribution in [-0.2, 0) is 4.79 Å². The molecule has 0 aromatic heterocycles. The van der Waals surface area contributed by atoms with Crippen molar-refractivity contribution in [2.75, 3.05) is 13.1 Å². The van der Waals surface area contributed by atoms with Crippen LogP contribution in [0.4, 0.5) is 4.79 Å². The Balaban J connectivity index is 4.22. The highest BCUT2D eigenvalue weighted by Gasteiger charge is 2.20. The molecule has 0 radical (unpaired) electrons. The molecule has 0 heterocycles. The molecular formula is C13H26N2O3. The Hall–Kier alpha value is -1.26. The van der Waals surface area contributed by atoms with Crippen molar-refractivity contribution in [1.29, 1.82) is 0 Å². The highest BCUT2D eigenvalue weighted by Crippen LogP contribution is 2.03. The summed E-state index contributed by atoms with van der Waals surface area (Å²) in [6.07, 6.45) is 3.14. The van der Waals surface area contributed by atoms with Gasteiger partial charge in [0.2, 0.25) is 0 Å². The topological polar surface area (TPSA) is 69.6 Å². The van der Waals surface area contributed by atoms with Crippen molar-refractivity contribution < 1.29 is 14.7 Å². The molecule has 2 N–H and O–H groups in total. The van der Waals surface area contributed by atoms with E-state index in [1.54, 1.807) is 11.8 Å². The second-order valence-electron chi connectivity index (χ2n) is 4.77. The van der Waals surface area contributed by atoms with E-state index >= 15 is 0 Å². The van der Waals surface area contributed by atoms with E-state index in [2.05, 4.69) is 12.2 Å². The molecule has 5 heteroatoms. The van der Waals surface area contributed by atoms with E-state index in [9.17, 15) is 9.59 Å². The lowest BCUT2D eigenvalue weighted by Crippen LogP contribution is -2.46. The number of carboxylic acid groups (broad SMARTS) is 1. The van der Waals surface area contributed by atoms with E-state index in [-0.39, 0.29) is 18.6 Å². The fourth-order valence-electron chi connectivity index (χ4n) is 1.65. The summed E-state index contributed by atoms with van der Waals surface area (Å²) in [5, 5.41) is 11.8. The summed E-state index contributed by atoms with van der Waals surface area (Å²) in [6.45, 7) is 8.31. The van der Waals surface area contributed by atoms with Crippen LogP contribution in [0.2, 0.25) is 0 Å². The highest BCUT2D eigenvalue weighted by molar-refractivity contribution is 5.76. The molecule has 5 nitrogen and oxygen atoms in total. The van der Waals surface area contributed by atoms with Crippen molar-refractivity contribution in [2.24, 2.45) is 5.92 Å². The van der Waals surface area contributed by atoms with Crippen molar-refractivity contribution in [1.82, 2.24) is 10.2 Å². The number of unbranched alkanes of at least 4 members (excludes halogenated alkanes) is 1. The van der Waals surface area contributed by atoms with Gasteiger partial charge in [-0.15, -0.1) is 0 Å². The number of urea groups is 1. The van der Waals surface area contributed by atoms with Crippen LogP contribution in [0, 0.1) is 5.92 Å². The van der Waals surface area contributed by atoms with Gasteiger partial charge in [0.15, 0.2) is 0 Å². The number of nitrogens with zero attached hydrogens (tertiary/aromatic N) is 1. The Morgan fingerprint density at radius 3 is 2.33 bits per heavy atom. The van der Waals surface area contributed by atoms with E-state index < -0.39 is 11.9 Å². The average molecular weight is 258 g/mol. The minimum absolute atomic E-state index is 0.131. The third-order valence-corrected chi connectivity index (χ3v) is 2.95. The van der Waals surface area contributed by atoms with Crippen LogP contribution >= 0.6 is 0 Å². The van der Waals surface area contributed by atoms with Crippen LogP contribution < -0.4 is 5.32 Å². The molecule has 0 saturated heterocycles. The van der Waals surface area contributed by atoms with E-state index in [1.165, 1.54) is 0 Å². The molecule has 0 fully saturated rings. The summed E-state index contributed by atoms with van der Waals surface area (Å²) in [4.78, 5) is 24.2. The van der Waals surface area contributed by atoms with Gasteiger partial charge in [0.05, 0.1) is 5.92 Å². The minimum Gasteiger partial charge on any atom is -0.481 e. The molecule has 2 amide bonds. The number of hydrogen-bond donors (Lipinski definition) is 2. The summed E-state index contributed by atoms with van der Waals surface area (Å²) < 4.78 is 0. The second-order valence-corrected chi connectivity index (χ2v) is 4.77. The number of carbonyl (C=O) groups is 2. The zero-order valence-electron chi connectivity index (χ0n) is 11.9. The van der Waals surface area contributed by atoms with Crippen LogP contribution in [-0.4, -0.2) is 41.1 Å². The molecule has 0 rings (SSSR count). The molecule has 0 aliphatic heterocycles. The van der Waals surface area contributed by atoms with Gasteiger partial charge in [-0.3, -0.25) is 4.79 Å².